The molecule has 3 heteroatoms. The minimum atomic E-state index is 0.0451. The number of nitrogens with one attached hydrogen (secondary N) is 1. The predicted octanol–water partition coefficient (Wildman–Crippen LogP) is 1.92. The Kier molecular flexibility index (Phi) is 3.47. The molecule has 14 heavy (non-hydrogen) atoms. The lowest BCUT2D eigenvalue weighted by atomic mass is 10.2. The van der Waals surface area contributed by atoms with Gasteiger partial charge in [-0.15, -0.1) is 6.42 Å². The van der Waals surface area contributed by atoms with Gasteiger partial charge >= 0.3 is 0 Å². The average Bonchev–Trinajstić information content (AvgIpc) is 2.12. The molecule has 0 amide bonds. The van der Waals surface area contributed by atoms with Crippen LogP contribution in [0.1, 0.15) is 24.9 Å². The van der Waals surface area contributed by atoms with Crippen LogP contribution < -0.4 is 5.32 Å². The lowest BCUT2D eigenvalue weighted by Crippen LogP contribution is -2.17. The molecular weight excluding hydrogens is 174 g/mol. The van der Waals surface area contributed by atoms with Gasteiger partial charge in [0.2, 0.25) is 0 Å². The van der Waals surface area contributed by atoms with Crippen molar-refractivity contribution in [1.29, 1.82) is 0 Å². The molecule has 1 heterocycles. The molecule has 0 aromatic carbocycles. The minimum Gasteiger partial charge on any atom is -0.356 e. The summed E-state index contributed by atoms with van der Waals surface area (Å²) in [7, 11) is 0. The second-order valence-electron chi connectivity index (χ2n) is 3.21. The Morgan fingerprint density at radius 1 is 1.50 bits per heavy atom. The molecule has 1 aromatic heterocycles. The van der Waals surface area contributed by atoms with Crippen molar-refractivity contribution in [3.63, 3.8) is 0 Å². The maximum absolute atomic E-state index is 5.35. The quantitative estimate of drug-likeness (QED) is 0.738. The first-order valence-corrected chi connectivity index (χ1v) is 4.70. The summed E-state index contributed by atoms with van der Waals surface area (Å²) < 4.78 is 0. The molecule has 3 nitrogen and oxygen atoms in total. The van der Waals surface area contributed by atoms with E-state index in [1.807, 2.05) is 26.8 Å². The Bertz CT molecular complexity index is 332. The molecule has 0 fully saturated rings. The fraction of sp³-hybridized carbons (Fsp3) is 0.455. The van der Waals surface area contributed by atoms with E-state index < -0.39 is 0 Å². The summed E-state index contributed by atoms with van der Waals surface area (Å²) in [6, 6.07) is 1.94. The number of aromatic nitrogens is 2. The molecule has 0 aliphatic carbocycles. The predicted molar refractivity (Wildman–Crippen MR) is 58.0 cm³/mol. The molecule has 0 aliphatic rings. The van der Waals surface area contributed by atoms with E-state index in [2.05, 4.69) is 21.2 Å². The summed E-state index contributed by atoms with van der Waals surface area (Å²) in [6.45, 7) is 5.85. The molecule has 0 saturated carbocycles. The second-order valence-corrected chi connectivity index (χ2v) is 3.21. The molecule has 0 spiro atoms. The van der Waals surface area contributed by atoms with Crippen LogP contribution in [0.25, 0.3) is 0 Å². The van der Waals surface area contributed by atoms with Crippen molar-refractivity contribution in [3.05, 3.63) is 17.6 Å². The maximum atomic E-state index is 5.35. The normalized spacial score (nSPS) is 11.9. The summed E-state index contributed by atoms with van der Waals surface area (Å²) >= 11 is 0. The standard InChI is InChI=1S/C11H15N3/c1-5-10(6-2)14-11-7-8(3)12-9(4)13-11/h1,7,10H,6H2,2-4H3,(H,12,13,14). The van der Waals surface area contributed by atoms with Crippen molar-refractivity contribution in [3.8, 4) is 12.3 Å². The van der Waals surface area contributed by atoms with Crippen LogP contribution in [0.2, 0.25) is 0 Å². The maximum Gasteiger partial charge on any atom is 0.130 e. The highest BCUT2D eigenvalue weighted by Crippen LogP contribution is 2.08. The number of hydrogen-bond acceptors (Lipinski definition) is 3. The van der Waals surface area contributed by atoms with E-state index >= 15 is 0 Å². The van der Waals surface area contributed by atoms with Gasteiger partial charge in [0.25, 0.3) is 0 Å². The highest BCUT2D eigenvalue weighted by Gasteiger charge is 2.03. The fourth-order valence-corrected chi connectivity index (χ4v) is 1.23. The number of hydrogen-bond donors (Lipinski definition) is 1. The summed E-state index contributed by atoms with van der Waals surface area (Å²) in [5.41, 5.74) is 0.951. The minimum absolute atomic E-state index is 0.0451. The molecule has 0 aliphatic heterocycles. The van der Waals surface area contributed by atoms with Crippen LogP contribution in [-0.2, 0) is 0 Å². The van der Waals surface area contributed by atoms with Gasteiger partial charge in [-0.1, -0.05) is 12.8 Å². The summed E-state index contributed by atoms with van der Waals surface area (Å²) in [4.78, 5) is 8.44. The van der Waals surface area contributed by atoms with Gasteiger partial charge < -0.3 is 5.32 Å². The monoisotopic (exact) mass is 189 g/mol. The molecule has 1 N–H and O–H groups in total. The number of anilines is 1. The Morgan fingerprint density at radius 3 is 2.71 bits per heavy atom. The first-order chi connectivity index (χ1) is 6.65. The van der Waals surface area contributed by atoms with Crippen molar-refractivity contribution < 1.29 is 0 Å². The Labute approximate surface area is 85.0 Å². The van der Waals surface area contributed by atoms with Crippen LogP contribution >= 0.6 is 0 Å². The van der Waals surface area contributed by atoms with Gasteiger partial charge in [0.05, 0.1) is 6.04 Å². The summed E-state index contributed by atoms with van der Waals surface area (Å²) in [6.07, 6.45) is 6.24. The van der Waals surface area contributed by atoms with Crippen molar-refractivity contribution in [1.82, 2.24) is 9.97 Å². The highest BCUT2D eigenvalue weighted by molar-refractivity contribution is 5.38. The number of aryl methyl sites for hydroxylation is 2. The van der Waals surface area contributed by atoms with E-state index in [1.54, 1.807) is 0 Å². The Morgan fingerprint density at radius 2 is 2.21 bits per heavy atom. The van der Waals surface area contributed by atoms with Crippen LogP contribution in [0.5, 0.6) is 0 Å². The third-order valence-electron chi connectivity index (χ3n) is 1.90. The van der Waals surface area contributed by atoms with Gasteiger partial charge in [-0.05, 0) is 20.3 Å². The zero-order valence-electron chi connectivity index (χ0n) is 8.83. The zero-order chi connectivity index (χ0) is 10.6. The lowest BCUT2D eigenvalue weighted by molar-refractivity contribution is 0.844. The van der Waals surface area contributed by atoms with Crippen molar-refractivity contribution in [2.75, 3.05) is 5.32 Å². The van der Waals surface area contributed by atoms with E-state index in [9.17, 15) is 0 Å². The van der Waals surface area contributed by atoms with Gasteiger partial charge in [-0.3, -0.25) is 0 Å². The van der Waals surface area contributed by atoms with Crippen LogP contribution in [0.3, 0.4) is 0 Å². The SMILES string of the molecule is C#CC(CC)Nc1cc(C)nc(C)n1. The topological polar surface area (TPSA) is 37.8 Å². The van der Waals surface area contributed by atoms with E-state index in [0.29, 0.717) is 0 Å². The first kappa shape index (κ1) is 10.5. The first-order valence-electron chi connectivity index (χ1n) is 4.70. The van der Waals surface area contributed by atoms with Crippen molar-refractivity contribution >= 4 is 5.82 Å². The molecule has 0 radical (unpaired) electrons. The Hall–Kier alpha value is -1.56. The van der Waals surface area contributed by atoms with Crippen LogP contribution in [0.4, 0.5) is 5.82 Å². The fourth-order valence-electron chi connectivity index (χ4n) is 1.23. The zero-order valence-corrected chi connectivity index (χ0v) is 8.83. The van der Waals surface area contributed by atoms with Crippen LogP contribution in [-0.4, -0.2) is 16.0 Å². The third kappa shape index (κ3) is 2.74. The van der Waals surface area contributed by atoms with Crippen LogP contribution in [0, 0.1) is 26.2 Å². The molecule has 1 aromatic rings. The number of nitrogens with zero attached hydrogens (tertiary/aromatic N) is 2. The van der Waals surface area contributed by atoms with Gasteiger partial charge in [-0.2, -0.15) is 0 Å². The Balaban J connectivity index is 2.82. The molecule has 74 valence electrons. The number of terminal acetylenes is 1. The molecule has 1 atom stereocenters. The smallest absolute Gasteiger partial charge is 0.130 e. The van der Waals surface area contributed by atoms with Gasteiger partial charge in [0, 0.05) is 11.8 Å². The lowest BCUT2D eigenvalue weighted by Gasteiger charge is -2.11. The van der Waals surface area contributed by atoms with E-state index in [4.69, 9.17) is 6.42 Å². The summed E-state index contributed by atoms with van der Waals surface area (Å²) in [5.74, 6) is 4.24. The third-order valence-corrected chi connectivity index (χ3v) is 1.90. The van der Waals surface area contributed by atoms with E-state index in [0.717, 1.165) is 23.8 Å². The highest BCUT2D eigenvalue weighted by atomic mass is 15.0. The molecule has 1 rings (SSSR count). The van der Waals surface area contributed by atoms with Crippen LogP contribution in [0.15, 0.2) is 6.07 Å². The average molecular weight is 189 g/mol. The van der Waals surface area contributed by atoms with E-state index in [1.165, 1.54) is 0 Å². The molecule has 0 bridgehead atoms. The number of rotatable bonds is 3. The molecular formula is C11H15N3. The van der Waals surface area contributed by atoms with Gasteiger partial charge in [-0.25, -0.2) is 9.97 Å². The van der Waals surface area contributed by atoms with E-state index in [-0.39, 0.29) is 6.04 Å². The molecule has 1 unspecified atom stereocenters. The van der Waals surface area contributed by atoms with Crippen molar-refractivity contribution in [2.45, 2.75) is 33.2 Å². The largest absolute Gasteiger partial charge is 0.356 e. The van der Waals surface area contributed by atoms with Crippen molar-refractivity contribution in [2.24, 2.45) is 0 Å². The van der Waals surface area contributed by atoms with Gasteiger partial charge in [0.1, 0.15) is 11.6 Å². The van der Waals surface area contributed by atoms with Gasteiger partial charge in [0.15, 0.2) is 0 Å². The molecule has 0 saturated heterocycles. The summed E-state index contributed by atoms with van der Waals surface area (Å²) in [5, 5.41) is 3.17. The second kappa shape index (κ2) is 4.61.